The third kappa shape index (κ3) is 2.52. The van der Waals surface area contributed by atoms with E-state index in [2.05, 4.69) is 12.2 Å². The monoisotopic (exact) mass is 269 g/mol. The molecule has 4 nitrogen and oxygen atoms in total. The van der Waals surface area contributed by atoms with Crippen molar-refractivity contribution in [2.45, 2.75) is 70.6 Å². The summed E-state index contributed by atoms with van der Waals surface area (Å²) in [5.41, 5.74) is -0.368. The fraction of sp³-hybridized carbons (Fsp3) is 0.933. The van der Waals surface area contributed by atoms with Crippen molar-refractivity contribution in [3.05, 3.63) is 0 Å². The molecule has 2 fully saturated rings. The van der Waals surface area contributed by atoms with Crippen LogP contribution in [0.4, 0.5) is 0 Å². The van der Waals surface area contributed by atoms with Gasteiger partial charge in [-0.05, 0) is 40.0 Å². The number of methoxy groups -OCH3 is 1. The Morgan fingerprint density at radius 2 is 2.00 bits per heavy atom. The van der Waals surface area contributed by atoms with Crippen molar-refractivity contribution < 1.29 is 14.3 Å². The number of carbonyl (C=O) groups is 1. The van der Waals surface area contributed by atoms with Crippen LogP contribution < -0.4 is 5.32 Å². The van der Waals surface area contributed by atoms with Gasteiger partial charge in [-0.15, -0.1) is 0 Å². The van der Waals surface area contributed by atoms with Crippen LogP contribution in [0.3, 0.4) is 0 Å². The molecule has 4 heteroatoms. The van der Waals surface area contributed by atoms with Crippen molar-refractivity contribution in [2.24, 2.45) is 5.41 Å². The van der Waals surface area contributed by atoms with Crippen LogP contribution in [0.2, 0.25) is 0 Å². The molecular formula is C15H27NO3. The number of nitrogens with one attached hydrogen (secondary N) is 1. The number of hydrogen-bond donors (Lipinski definition) is 1. The molecule has 0 saturated heterocycles. The van der Waals surface area contributed by atoms with Crippen LogP contribution in [0.25, 0.3) is 0 Å². The Bertz CT molecular complexity index is 334. The molecule has 0 amide bonds. The van der Waals surface area contributed by atoms with Crippen molar-refractivity contribution in [3.63, 3.8) is 0 Å². The fourth-order valence-electron chi connectivity index (χ4n) is 3.84. The number of ether oxygens (including phenoxy) is 2. The van der Waals surface area contributed by atoms with Crippen LogP contribution >= 0.6 is 0 Å². The molecule has 2 atom stereocenters. The summed E-state index contributed by atoms with van der Waals surface area (Å²) in [5, 5.41) is 3.51. The Morgan fingerprint density at radius 1 is 1.37 bits per heavy atom. The summed E-state index contributed by atoms with van der Waals surface area (Å²) in [6, 6.07) is 0.376. The van der Waals surface area contributed by atoms with E-state index in [4.69, 9.17) is 9.47 Å². The Balaban J connectivity index is 2.03. The zero-order valence-electron chi connectivity index (χ0n) is 12.6. The number of hydrogen-bond acceptors (Lipinski definition) is 4. The maximum Gasteiger partial charge on any atom is 0.325 e. The zero-order chi connectivity index (χ0) is 14.1. The highest BCUT2D eigenvalue weighted by molar-refractivity contribution is 5.79. The standard InChI is InChI=1S/C15H27NO3/c1-5-19-12-10-11(15(12)8-6-7-9-15)16-14(2,3)13(17)18-4/h11-12,16H,5-10H2,1-4H3. The molecular weight excluding hydrogens is 242 g/mol. The van der Waals surface area contributed by atoms with Crippen molar-refractivity contribution in [1.29, 1.82) is 0 Å². The minimum absolute atomic E-state index is 0.194. The smallest absolute Gasteiger partial charge is 0.325 e. The van der Waals surface area contributed by atoms with Gasteiger partial charge < -0.3 is 9.47 Å². The lowest BCUT2D eigenvalue weighted by atomic mass is 9.60. The minimum Gasteiger partial charge on any atom is -0.468 e. The first-order valence-corrected chi connectivity index (χ1v) is 7.44. The van der Waals surface area contributed by atoms with Gasteiger partial charge in [0.05, 0.1) is 13.2 Å². The van der Waals surface area contributed by atoms with Crippen LogP contribution in [0, 0.1) is 5.41 Å². The lowest BCUT2D eigenvalue weighted by Crippen LogP contribution is -2.67. The van der Waals surface area contributed by atoms with Gasteiger partial charge in [-0.25, -0.2) is 0 Å². The molecule has 2 rings (SSSR count). The van der Waals surface area contributed by atoms with Gasteiger partial charge in [-0.2, -0.15) is 0 Å². The third-order valence-corrected chi connectivity index (χ3v) is 4.92. The largest absolute Gasteiger partial charge is 0.468 e. The van der Waals surface area contributed by atoms with Crippen LogP contribution in [-0.4, -0.2) is 37.4 Å². The third-order valence-electron chi connectivity index (χ3n) is 4.92. The Hall–Kier alpha value is -0.610. The highest BCUT2D eigenvalue weighted by atomic mass is 16.5. The molecule has 0 aliphatic heterocycles. The summed E-state index contributed by atoms with van der Waals surface area (Å²) in [4.78, 5) is 11.8. The van der Waals surface area contributed by atoms with E-state index >= 15 is 0 Å². The highest BCUT2D eigenvalue weighted by Crippen LogP contribution is 2.55. The van der Waals surface area contributed by atoms with Crippen molar-refractivity contribution >= 4 is 5.97 Å². The molecule has 0 aromatic heterocycles. The van der Waals surface area contributed by atoms with Gasteiger partial charge in [0.2, 0.25) is 0 Å². The summed E-state index contributed by atoms with van der Waals surface area (Å²) in [6.45, 7) is 6.63. The average molecular weight is 269 g/mol. The minimum atomic E-state index is -0.619. The summed E-state index contributed by atoms with van der Waals surface area (Å²) in [6.07, 6.45) is 6.36. The van der Waals surface area contributed by atoms with E-state index in [0.717, 1.165) is 13.0 Å². The predicted molar refractivity (Wildman–Crippen MR) is 74.0 cm³/mol. The molecule has 2 saturated carbocycles. The zero-order valence-corrected chi connectivity index (χ0v) is 12.6. The van der Waals surface area contributed by atoms with Crippen LogP contribution in [-0.2, 0) is 14.3 Å². The molecule has 0 aromatic rings. The second-order valence-corrected chi connectivity index (χ2v) is 6.43. The molecule has 1 N–H and O–H groups in total. The summed E-state index contributed by atoms with van der Waals surface area (Å²) in [5.74, 6) is -0.194. The maximum atomic E-state index is 11.8. The van der Waals surface area contributed by atoms with Crippen molar-refractivity contribution in [1.82, 2.24) is 5.32 Å². The van der Waals surface area contributed by atoms with Crippen LogP contribution in [0.5, 0.6) is 0 Å². The van der Waals surface area contributed by atoms with Crippen molar-refractivity contribution in [3.8, 4) is 0 Å². The molecule has 2 aliphatic carbocycles. The molecule has 0 aromatic carbocycles. The first kappa shape index (κ1) is 14.8. The van der Waals surface area contributed by atoms with Gasteiger partial charge in [0.1, 0.15) is 5.54 Å². The molecule has 1 spiro atoms. The highest BCUT2D eigenvalue weighted by Gasteiger charge is 2.58. The van der Waals surface area contributed by atoms with Gasteiger partial charge in [0.15, 0.2) is 0 Å². The normalized spacial score (nSPS) is 29.3. The Kier molecular flexibility index (Phi) is 4.21. The lowest BCUT2D eigenvalue weighted by molar-refractivity contribution is -0.156. The summed E-state index contributed by atoms with van der Waals surface area (Å²) >= 11 is 0. The SMILES string of the molecule is CCOC1CC(NC(C)(C)C(=O)OC)C12CCCC2. The second-order valence-electron chi connectivity index (χ2n) is 6.43. The van der Waals surface area contributed by atoms with E-state index in [1.54, 1.807) is 0 Å². The molecule has 2 aliphatic rings. The first-order chi connectivity index (χ1) is 8.96. The van der Waals surface area contributed by atoms with Gasteiger partial charge >= 0.3 is 5.97 Å². The maximum absolute atomic E-state index is 11.8. The molecule has 19 heavy (non-hydrogen) atoms. The Labute approximate surface area is 116 Å². The Morgan fingerprint density at radius 3 is 2.53 bits per heavy atom. The first-order valence-electron chi connectivity index (χ1n) is 7.44. The van der Waals surface area contributed by atoms with Gasteiger partial charge in [0.25, 0.3) is 0 Å². The topological polar surface area (TPSA) is 47.6 Å². The number of esters is 1. The second kappa shape index (κ2) is 5.41. The van der Waals surface area contributed by atoms with Gasteiger partial charge in [-0.3, -0.25) is 10.1 Å². The number of rotatable bonds is 5. The van der Waals surface area contributed by atoms with Crippen molar-refractivity contribution in [2.75, 3.05) is 13.7 Å². The molecule has 0 heterocycles. The summed E-state index contributed by atoms with van der Waals surface area (Å²) in [7, 11) is 1.45. The molecule has 2 unspecified atom stereocenters. The fourth-order valence-corrected chi connectivity index (χ4v) is 3.84. The van der Waals surface area contributed by atoms with E-state index in [-0.39, 0.29) is 11.4 Å². The quantitative estimate of drug-likeness (QED) is 0.778. The van der Waals surface area contributed by atoms with Gasteiger partial charge in [0, 0.05) is 18.1 Å². The molecule has 0 bridgehead atoms. The van der Waals surface area contributed by atoms with E-state index in [1.807, 2.05) is 13.8 Å². The average Bonchev–Trinajstić information content (AvgIpc) is 2.88. The summed E-state index contributed by atoms with van der Waals surface area (Å²) < 4.78 is 10.8. The van der Waals surface area contributed by atoms with Crippen LogP contribution in [0.15, 0.2) is 0 Å². The number of carbonyl (C=O) groups excluding carboxylic acids is 1. The van der Waals surface area contributed by atoms with Gasteiger partial charge in [-0.1, -0.05) is 12.8 Å². The van der Waals surface area contributed by atoms with Crippen LogP contribution in [0.1, 0.15) is 52.9 Å². The lowest BCUT2D eigenvalue weighted by Gasteiger charge is -2.55. The predicted octanol–water partition coefficient (Wildman–Crippen LogP) is 2.27. The van der Waals surface area contributed by atoms with E-state index in [1.165, 1.54) is 32.8 Å². The molecule has 0 radical (unpaired) electrons. The van der Waals surface area contributed by atoms with E-state index < -0.39 is 5.54 Å². The van der Waals surface area contributed by atoms with E-state index in [0.29, 0.717) is 12.1 Å². The van der Waals surface area contributed by atoms with E-state index in [9.17, 15) is 4.79 Å². The molecule has 110 valence electrons.